The fraction of sp³-hybridized carbons (Fsp3) is 0.235. The number of carbonyl (C=O) groups excluding carboxylic acids is 1. The highest BCUT2D eigenvalue weighted by molar-refractivity contribution is 5.90. The van der Waals surface area contributed by atoms with Crippen molar-refractivity contribution < 1.29 is 9.53 Å². The normalized spacial score (nSPS) is 11.5. The fourth-order valence-corrected chi connectivity index (χ4v) is 2.24. The highest BCUT2D eigenvalue weighted by Crippen LogP contribution is 2.24. The average molecular weight is 325 g/mol. The molecule has 0 saturated heterocycles. The minimum absolute atomic E-state index is 0.431. The summed E-state index contributed by atoms with van der Waals surface area (Å²) in [6.07, 6.45) is 1.21. The number of nitrogens with zero attached hydrogens (tertiary/aromatic N) is 2. The van der Waals surface area contributed by atoms with Gasteiger partial charge >= 0.3 is 6.09 Å². The first kappa shape index (κ1) is 15.8. The third-order valence-electron chi connectivity index (χ3n) is 3.30. The molecule has 0 spiro atoms. The number of amides is 1. The van der Waals surface area contributed by atoms with Crippen LogP contribution in [0.15, 0.2) is 36.5 Å². The summed E-state index contributed by atoms with van der Waals surface area (Å²) in [5, 5.41) is 10.3. The molecule has 0 atom stereocenters. The second-order valence-electron chi connectivity index (χ2n) is 6.43. The van der Waals surface area contributed by atoms with E-state index < -0.39 is 11.7 Å². The summed E-state index contributed by atoms with van der Waals surface area (Å²) in [4.78, 5) is 16.2. The Morgan fingerprint density at radius 1 is 1.25 bits per heavy atom. The van der Waals surface area contributed by atoms with Gasteiger partial charge in [0.05, 0.1) is 16.6 Å². The van der Waals surface area contributed by atoms with Crippen LogP contribution in [0, 0.1) is 0 Å². The van der Waals surface area contributed by atoms with Crippen LogP contribution in [0.1, 0.15) is 20.8 Å². The van der Waals surface area contributed by atoms with Crippen molar-refractivity contribution in [2.75, 3.05) is 11.1 Å². The lowest BCUT2D eigenvalue weighted by atomic mass is 10.1. The number of aromatic nitrogens is 3. The predicted molar refractivity (Wildman–Crippen MR) is 93.6 cm³/mol. The molecule has 7 nitrogen and oxygen atoms in total. The van der Waals surface area contributed by atoms with E-state index in [-0.39, 0.29) is 0 Å². The molecule has 2 heterocycles. The SMILES string of the molecule is CC(C)(C)OC(=O)Nc1ccc(-c2cc3[nH]nc(N)c3cn2)cc1. The number of fused-ring (bicyclic) bond motifs is 1. The van der Waals surface area contributed by atoms with Crippen molar-refractivity contribution in [3.8, 4) is 11.3 Å². The van der Waals surface area contributed by atoms with Crippen molar-refractivity contribution in [3.05, 3.63) is 36.5 Å². The molecule has 0 saturated carbocycles. The first-order chi connectivity index (χ1) is 11.3. The topological polar surface area (TPSA) is 106 Å². The minimum atomic E-state index is -0.532. The van der Waals surface area contributed by atoms with E-state index in [0.29, 0.717) is 11.5 Å². The van der Waals surface area contributed by atoms with Crippen molar-refractivity contribution in [1.29, 1.82) is 0 Å². The number of pyridine rings is 1. The Labute approximate surface area is 139 Å². The molecule has 3 aromatic rings. The standard InChI is InChI=1S/C17H19N5O2/c1-17(2,3)24-16(23)20-11-6-4-10(5-7-11)13-8-14-12(9-19-13)15(18)22-21-14/h4-9H,1-3H3,(H,20,23)(H3,18,21,22). The summed E-state index contributed by atoms with van der Waals surface area (Å²) in [7, 11) is 0. The van der Waals surface area contributed by atoms with Crippen LogP contribution in [0.2, 0.25) is 0 Å². The number of benzene rings is 1. The van der Waals surface area contributed by atoms with E-state index in [4.69, 9.17) is 10.5 Å². The van der Waals surface area contributed by atoms with Gasteiger partial charge in [0.15, 0.2) is 5.82 Å². The number of hydrogen-bond donors (Lipinski definition) is 3. The third kappa shape index (κ3) is 3.45. The summed E-state index contributed by atoms with van der Waals surface area (Å²) in [6, 6.07) is 9.23. The van der Waals surface area contributed by atoms with Gasteiger partial charge in [0, 0.05) is 17.4 Å². The van der Waals surface area contributed by atoms with E-state index in [1.165, 1.54) is 0 Å². The lowest BCUT2D eigenvalue weighted by Crippen LogP contribution is -2.27. The zero-order valence-electron chi connectivity index (χ0n) is 13.8. The molecular weight excluding hydrogens is 306 g/mol. The molecule has 1 aromatic carbocycles. The van der Waals surface area contributed by atoms with Crippen molar-refractivity contribution >= 4 is 28.5 Å². The number of hydrogen-bond acceptors (Lipinski definition) is 5. The summed E-state index contributed by atoms with van der Waals surface area (Å²) in [5.41, 5.74) is 8.39. The van der Waals surface area contributed by atoms with Crippen LogP contribution in [0.5, 0.6) is 0 Å². The van der Waals surface area contributed by atoms with Gasteiger partial charge in [-0.15, -0.1) is 0 Å². The number of aromatic amines is 1. The van der Waals surface area contributed by atoms with Crippen LogP contribution < -0.4 is 11.1 Å². The molecule has 0 radical (unpaired) electrons. The van der Waals surface area contributed by atoms with Crippen LogP contribution >= 0.6 is 0 Å². The van der Waals surface area contributed by atoms with E-state index in [1.807, 2.05) is 39.0 Å². The van der Waals surface area contributed by atoms with Gasteiger partial charge in [-0.1, -0.05) is 12.1 Å². The van der Waals surface area contributed by atoms with Gasteiger partial charge in [-0.05, 0) is 39.0 Å². The fourth-order valence-electron chi connectivity index (χ4n) is 2.24. The molecule has 0 aliphatic rings. The van der Waals surface area contributed by atoms with Gasteiger partial charge < -0.3 is 10.5 Å². The van der Waals surface area contributed by atoms with Crippen LogP contribution in [0.3, 0.4) is 0 Å². The van der Waals surface area contributed by atoms with Crippen molar-refractivity contribution in [2.24, 2.45) is 0 Å². The average Bonchev–Trinajstić information content (AvgIpc) is 2.87. The molecule has 0 unspecified atom stereocenters. The van der Waals surface area contributed by atoms with Crippen molar-refractivity contribution in [3.63, 3.8) is 0 Å². The number of rotatable bonds is 2. The van der Waals surface area contributed by atoms with E-state index >= 15 is 0 Å². The first-order valence-electron chi connectivity index (χ1n) is 7.52. The summed E-state index contributed by atoms with van der Waals surface area (Å²) in [5.74, 6) is 0.431. The maximum atomic E-state index is 11.8. The maximum Gasteiger partial charge on any atom is 0.412 e. The molecular formula is C17H19N5O2. The predicted octanol–water partition coefficient (Wildman–Crippen LogP) is 3.55. The molecule has 124 valence electrons. The number of H-pyrrole nitrogens is 1. The number of nitrogens with two attached hydrogens (primary N) is 1. The van der Waals surface area contributed by atoms with Gasteiger partial charge in [0.2, 0.25) is 0 Å². The van der Waals surface area contributed by atoms with Crippen LogP contribution in [-0.2, 0) is 4.74 Å². The number of ether oxygens (including phenoxy) is 1. The Kier molecular flexibility index (Phi) is 3.84. The molecule has 0 aliphatic carbocycles. The van der Waals surface area contributed by atoms with Gasteiger partial charge in [0.25, 0.3) is 0 Å². The Morgan fingerprint density at radius 2 is 1.96 bits per heavy atom. The number of carbonyl (C=O) groups is 1. The van der Waals surface area contributed by atoms with E-state index in [2.05, 4.69) is 20.5 Å². The lowest BCUT2D eigenvalue weighted by Gasteiger charge is -2.19. The number of nitrogen functional groups attached to an aromatic ring is 1. The van der Waals surface area contributed by atoms with Crippen molar-refractivity contribution in [1.82, 2.24) is 15.2 Å². The second-order valence-corrected chi connectivity index (χ2v) is 6.43. The van der Waals surface area contributed by atoms with Crippen LogP contribution in [0.25, 0.3) is 22.2 Å². The molecule has 24 heavy (non-hydrogen) atoms. The minimum Gasteiger partial charge on any atom is -0.444 e. The largest absolute Gasteiger partial charge is 0.444 e. The highest BCUT2D eigenvalue weighted by Gasteiger charge is 2.16. The Morgan fingerprint density at radius 3 is 2.62 bits per heavy atom. The molecule has 0 aliphatic heterocycles. The molecule has 0 bridgehead atoms. The molecule has 2 aromatic heterocycles. The Balaban J connectivity index is 1.77. The Hall–Kier alpha value is -3.09. The second kappa shape index (κ2) is 5.84. The van der Waals surface area contributed by atoms with Gasteiger partial charge in [-0.2, -0.15) is 5.10 Å². The zero-order valence-corrected chi connectivity index (χ0v) is 13.8. The molecule has 0 fully saturated rings. The van der Waals surface area contributed by atoms with Gasteiger partial charge in [-0.3, -0.25) is 15.4 Å². The highest BCUT2D eigenvalue weighted by atomic mass is 16.6. The quantitative estimate of drug-likeness (QED) is 0.668. The van der Waals surface area contributed by atoms with Gasteiger partial charge in [0.1, 0.15) is 5.60 Å². The lowest BCUT2D eigenvalue weighted by molar-refractivity contribution is 0.0636. The summed E-state index contributed by atoms with van der Waals surface area (Å²) in [6.45, 7) is 5.46. The Bertz CT molecular complexity index is 878. The zero-order chi connectivity index (χ0) is 17.3. The third-order valence-corrected chi connectivity index (χ3v) is 3.30. The van der Waals surface area contributed by atoms with Crippen molar-refractivity contribution in [2.45, 2.75) is 26.4 Å². The molecule has 1 amide bonds. The van der Waals surface area contributed by atoms with Crippen LogP contribution in [0.4, 0.5) is 16.3 Å². The maximum absolute atomic E-state index is 11.8. The summed E-state index contributed by atoms with van der Waals surface area (Å²) >= 11 is 0. The van der Waals surface area contributed by atoms with E-state index in [1.54, 1.807) is 18.3 Å². The van der Waals surface area contributed by atoms with Gasteiger partial charge in [-0.25, -0.2) is 4.79 Å². The number of nitrogens with one attached hydrogen (secondary N) is 2. The summed E-state index contributed by atoms with van der Waals surface area (Å²) < 4.78 is 5.22. The molecule has 3 rings (SSSR count). The smallest absolute Gasteiger partial charge is 0.412 e. The van der Waals surface area contributed by atoms with Crippen LogP contribution in [-0.4, -0.2) is 26.9 Å². The monoisotopic (exact) mass is 325 g/mol. The first-order valence-corrected chi connectivity index (χ1v) is 7.52. The number of anilines is 2. The van der Waals surface area contributed by atoms with E-state index in [0.717, 1.165) is 22.2 Å². The molecule has 7 heteroatoms. The van der Waals surface area contributed by atoms with E-state index in [9.17, 15) is 4.79 Å². The molecule has 4 N–H and O–H groups in total.